The first-order valence-electron chi connectivity index (χ1n) is 8.03. The van der Waals surface area contributed by atoms with E-state index in [1.54, 1.807) is 17.5 Å². The minimum atomic E-state index is 0.0457. The lowest BCUT2D eigenvalue weighted by Gasteiger charge is -2.12. The molecule has 4 aromatic rings. The number of H-pyrrole nitrogens is 1. The molecule has 4 heteroatoms. The van der Waals surface area contributed by atoms with Gasteiger partial charge in [-0.3, -0.25) is 4.79 Å². The summed E-state index contributed by atoms with van der Waals surface area (Å²) in [7, 11) is 0. The van der Waals surface area contributed by atoms with E-state index in [9.17, 15) is 4.79 Å². The van der Waals surface area contributed by atoms with Gasteiger partial charge in [-0.25, -0.2) is 0 Å². The molecular weight excluding hydrogens is 318 g/mol. The molecule has 0 amide bonds. The fourth-order valence-corrected chi connectivity index (χ4v) is 3.73. The van der Waals surface area contributed by atoms with Gasteiger partial charge in [0.2, 0.25) is 0 Å². The third-order valence-electron chi connectivity index (χ3n) is 4.09. The van der Waals surface area contributed by atoms with E-state index < -0.39 is 0 Å². The van der Waals surface area contributed by atoms with Crippen LogP contribution < -0.4 is 10.2 Å². The smallest absolute Gasteiger partial charge is 0.198 e. The molecule has 0 radical (unpaired) electrons. The van der Waals surface area contributed by atoms with Crippen molar-refractivity contribution in [3.05, 3.63) is 64.3 Å². The molecule has 2 aromatic carbocycles. The van der Waals surface area contributed by atoms with E-state index in [1.165, 1.54) is 0 Å². The molecule has 0 spiro atoms. The summed E-state index contributed by atoms with van der Waals surface area (Å²) in [6.45, 7) is 2.70. The van der Waals surface area contributed by atoms with Gasteiger partial charge in [-0.15, -0.1) is 11.3 Å². The zero-order valence-corrected chi connectivity index (χ0v) is 14.2. The van der Waals surface area contributed by atoms with Crippen molar-refractivity contribution in [3.63, 3.8) is 0 Å². The quantitative estimate of drug-likeness (QED) is 0.521. The van der Waals surface area contributed by atoms with Crippen molar-refractivity contribution in [3.8, 4) is 16.2 Å². The van der Waals surface area contributed by atoms with Crippen molar-refractivity contribution >= 4 is 33.0 Å². The number of hydrogen-bond donors (Lipinski definition) is 1. The Morgan fingerprint density at radius 3 is 2.83 bits per heavy atom. The van der Waals surface area contributed by atoms with E-state index in [2.05, 4.69) is 11.9 Å². The minimum Gasteiger partial charge on any atom is -0.491 e. The normalized spacial score (nSPS) is 11.2. The van der Waals surface area contributed by atoms with Crippen molar-refractivity contribution in [2.24, 2.45) is 0 Å². The number of fused-ring (bicyclic) bond motifs is 3. The summed E-state index contributed by atoms with van der Waals surface area (Å²) >= 11 is 1.57. The van der Waals surface area contributed by atoms with E-state index in [1.807, 2.05) is 47.8 Å². The molecule has 3 nitrogen and oxygen atoms in total. The fourth-order valence-electron chi connectivity index (χ4n) is 2.99. The van der Waals surface area contributed by atoms with E-state index in [0.29, 0.717) is 17.6 Å². The van der Waals surface area contributed by atoms with Crippen molar-refractivity contribution < 1.29 is 4.74 Å². The Morgan fingerprint density at radius 1 is 1.17 bits per heavy atom. The number of nitrogens with one attached hydrogen (secondary N) is 1. The summed E-state index contributed by atoms with van der Waals surface area (Å²) in [6, 6.07) is 13.9. The Hall–Kier alpha value is -2.59. The van der Waals surface area contributed by atoms with Gasteiger partial charge in [0.15, 0.2) is 5.43 Å². The molecule has 0 atom stereocenters. The van der Waals surface area contributed by atoms with Crippen LogP contribution in [0.5, 0.6) is 5.75 Å². The monoisotopic (exact) mass is 335 g/mol. The van der Waals surface area contributed by atoms with Crippen LogP contribution in [0.3, 0.4) is 0 Å². The molecule has 0 aliphatic heterocycles. The highest BCUT2D eigenvalue weighted by molar-refractivity contribution is 7.13. The number of aromatic amines is 1. The third kappa shape index (κ3) is 2.39. The third-order valence-corrected chi connectivity index (χ3v) is 5.00. The van der Waals surface area contributed by atoms with E-state index in [0.717, 1.165) is 33.3 Å². The summed E-state index contributed by atoms with van der Waals surface area (Å²) in [4.78, 5) is 17.5. The topological polar surface area (TPSA) is 42.1 Å². The van der Waals surface area contributed by atoms with Crippen LogP contribution in [-0.4, -0.2) is 11.6 Å². The maximum atomic E-state index is 13.2. The molecule has 0 bridgehead atoms. The number of benzene rings is 2. The molecule has 0 fully saturated rings. The van der Waals surface area contributed by atoms with Gasteiger partial charge in [0, 0.05) is 11.1 Å². The second kappa shape index (κ2) is 6.13. The minimum absolute atomic E-state index is 0.0457. The Labute approximate surface area is 143 Å². The molecule has 0 aliphatic carbocycles. The van der Waals surface area contributed by atoms with Crippen molar-refractivity contribution in [1.29, 1.82) is 0 Å². The molecule has 0 unspecified atom stereocenters. The van der Waals surface area contributed by atoms with Gasteiger partial charge >= 0.3 is 0 Å². The summed E-state index contributed by atoms with van der Waals surface area (Å²) in [5.41, 5.74) is 1.52. The van der Waals surface area contributed by atoms with Crippen LogP contribution in [0.4, 0.5) is 0 Å². The summed E-state index contributed by atoms with van der Waals surface area (Å²) in [5.74, 6) is 0.736. The van der Waals surface area contributed by atoms with Gasteiger partial charge in [0.05, 0.1) is 23.1 Å². The van der Waals surface area contributed by atoms with Gasteiger partial charge in [-0.05, 0) is 34.7 Å². The average Bonchev–Trinajstić information content (AvgIpc) is 3.14. The number of thiophene rings is 1. The van der Waals surface area contributed by atoms with Crippen LogP contribution in [0.25, 0.3) is 32.1 Å². The van der Waals surface area contributed by atoms with Crippen LogP contribution in [0, 0.1) is 0 Å². The first kappa shape index (κ1) is 15.0. The highest BCUT2D eigenvalue weighted by Crippen LogP contribution is 2.32. The number of pyridine rings is 1. The lowest BCUT2D eigenvalue weighted by molar-refractivity contribution is 0.321. The fraction of sp³-hybridized carbons (Fsp3) is 0.150. The van der Waals surface area contributed by atoms with Crippen molar-refractivity contribution in [1.82, 2.24) is 4.98 Å². The molecule has 0 saturated carbocycles. The Morgan fingerprint density at radius 2 is 2.04 bits per heavy atom. The Bertz CT molecular complexity index is 1060. The first-order chi connectivity index (χ1) is 11.8. The molecule has 2 aromatic heterocycles. The first-order valence-corrected chi connectivity index (χ1v) is 8.91. The number of hydrogen-bond acceptors (Lipinski definition) is 3. The summed E-state index contributed by atoms with van der Waals surface area (Å²) in [6.07, 6.45) is 2.72. The van der Waals surface area contributed by atoms with Gasteiger partial charge in [-0.2, -0.15) is 0 Å². The number of aromatic nitrogens is 1. The molecule has 1 N–H and O–H groups in total. The molecule has 4 rings (SSSR count). The number of ether oxygens (including phenoxy) is 1. The zero-order valence-electron chi connectivity index (χ0n) is 13.3. The van der Waals surface area contributed by atoms with Crippen LogP contribution in [0.1, 0.15) is 13.3 Å². The standard InChI is InChI=1S/C20H17NO2S/c1-2-9-23-16-11-13-6-3-4-7-14(13)18-19(16)21-12-15(20(18)22)17-8-5-10-24-17/h3-8,10-12H,2,9H2,1H3,(H,21,22). The Balaban J connectivity index is 2.09. The van der Waals surface area contributed by atoms with Crippen LogP contribution in [-0.2, 0) is 0 Å². The van der Waals surface area contributed by atoms with Crippen molar-refractivity contribution in [2.45, 2.75) is 13.3 Å². The molecule has 120 valence electrons. The van der Waals surface area contributed by atoms with Gasteiger partial charge < -0.3 is 9.72 Å². The molecule has 0 aliphatic rings. The predicted octanol–water partition coefficient (Wildman–Crippen LogP) is 5.20. The highest BCUT2D eigenvalue weighted by atomic mass is 32.1. The maximum Gasteiger partial charge on any atom is 0.198 e. The zero-order chi connectivity index (χ0) is 16.5. The van der Waals surface area contributed by atoms with Crippen molar-refractivity contribution in [2.75, 3.05) is 6.61 Å². The highest BCUT2D eigenvalue weighted by Gasteiger charge is 2.15. The maximum absolute atomic E-state index is 13.2. The molecular formula is C20H17NO2S. The largest absolute Gasteiger partial charge is 0.491 e. The lowest BCUT2D eigenvalue weighted by Crippen LogP contribution is -2.08. The van der Waals surface area contributed by atoms with Crippen LogP contribution in [0.2, 0.25) is 0 Å². The van der Waals surface area contributed by atoms with Crippen LogP contribution in [0.15, 0.2) is 58.8 Å². The summed E-state index contributed by atoms with van der Waals surface area (Å²) in [5, 5.41) is 4.66. The molecule has 24 heavy (non-hydrogen) atoms. The SMILES string of the molecule is CCCOc1cc2ccccc2c2c(=O)c(-c3cccs3)c[nH]c12. The van der Waals surface area contributed by atoms with Crippen LogP contribution >= 0.6 is 11.3 Å². The number of rotatable bonds is 4. The predicted molar refractivity (Wildman–Crippen MR) is 101 cm³/mol. The van der Waals surface area contributed by atoms with E-state index in [4.69, 9.17) is 4.74 Å². The lowest BCUT2D eigenvalue weighted by atomic mass is 10.0. The second-order valence-electron chi connectivity index (χ2n) is 5.70. The Kier molecular flexibility index (Phi) is 3.82. The van der Waals surface area contributed by atoms with Gasteiger partial charge in [-0.1, -0.05) is 37.3 Å². The summed E-state index contributed by atoms with van der Waals surface area (Å²) < 4.78 is 5.89. The molecule has 2 heterocycles. The van der Waals surface area contributed by atoms with E-state index >= 15 is 0 Å². The van der Waals surface area contributed by atoms with E-state index in [-0.39, 0.29) is 5.43 Å². The van der Waals surface area contributed by atoms with Gasteiger partial charge in [0.25, 0.3) is 0 Å². The average molecular weight is 335 g/mol. The second-order valence-corrected chi connectivity index (χ2v) is 6.65. The molecule has 0 saturated heterocycles. The van der Waals surface area contributed by atoms with Gasteiger partial charge in [0.1, 0.15) is 5.75 Å².